The summed E-state index contributed by atoms with van der Waals surface area (Å²) < 4.78 is 18.4. The van der Waals surface area contributed by atoms with Gasteiger partial charge in [0.2, 0.25) is 5.91 Å². The molecule has 0 aromatic heterocycles. The third kappa shape index (κ3) is 4.83. The van der Waals surface area contributed by atoms with Crippen molar-refractivity contribution in [1.82, 2.24) is 5.32 Å². The maximum Gasteiger partial charge on any atom is 0.244 e. The summed E-state index contributed by atoms with van der Waals surface area (Å²) in [5.41, 5.74) is 1.49. The molecule has 0 spiro atoms. The number of halogens is 2. The van der Waals surface area contributed by atoms with Crippen LogP contribution < -0.4 is 10.1 Å². The molecule has 0 unspecified atom stereocenters. The molecule has 1 N–H and O–H groups in total. The summed E-state index contributed by atoms with van der Waals surface area (Å²) in [6.45, 7) is 1.87. The summed E-state index contributed by atoms with van der Waals surface area (Å²) in [4.78, 5) is 11.9. The number of carbonyl (C=O) groups excluding carboxylic acids is 1. The predicted molar refractivity (Wildman–Crippen MR) is 90.0 cm³/mol. The number of rotatable bonds is 5. The summed E-state index contributed by atoms with van der Waals surface area (Å²) in [6, 6.07) is 11.6. The molecule has 0 bridgehead atoms. The van der Waals surface area contributed by atoms with Gasteiger partial charge >= 0.3 is 0 Å². The van der Waals surface area contributed by atoms with E-state index in [1.807, 2.05) is 19.1 Å². The largest absolute Gasteiger partial charge is 0.494 e. The second kappa shape index (κ2) is 7.79. The quantitative estimate of drug-likeness (QED) is 0.825. The number of hydrogen-bond donors (Lipinski definition) is 1. The summed E-state index contributed by atoms with van der Waals surface area (Å²) in [5, 5.41) is 3.45. The molecule has 0 fully saturated rings. The standard InChI is InChI=1S/C18H17ClFNO2/c1-12(14-4-3-5-15(19)11-14)21-18(22)9-7-13-6-8-17(23-2)16(20)10-13/h3-12H,1-2H3,(H,21,22)/b9-7+/t12-/m1/s1. The second-order valence-corrected chi connectivity index (χ2v) is 5.45. The third-order valence-electron chi connectivity index (χ3n) is 3.31. The molecule has 0 saturated heterocycles. The highest BCUT2D eigenvalue weighted by Gasteiger charge is 2.08. The number of amides is 1. The summed E-state index contributed by atoms with van der Waals surface area (Å²) in [5.74, 6) is -0.572. The normalized spacial score (nSPS) is 12.2. The molecular weight excluding hydrogens is 317 g/mol. The number of benzene rings is 2. The van der Waals surface area contributed by atoms with Crippen LogP contribution in [0.2, 0.25) is 5.02 Å². The van der Waals surface area contributed by atoms with Crippen molar-refractivity contribution < 1.29 is 13.9 Å². The van der Waals surface area contributed by atoms with E-state index in [-0.39, 0.29) is 17.7 Å². The summed E-state index contributed by atoms with van der Waals surface area (Å²) in [6.07, 6.45) is 2.91. The van der Waals surface area contributed by atoms with Gasteiger partial charge in [0.25, 0.3) is 0 Å². The van der Waals surface area contributed by atoms with Crippen LogP contribution >= 0.6 is 11.6 Å². The average molecular weight is 334 g/mol. The van der Waals surface area contributed by atoms with E-state index < -0.39 is 5.82 Å². The van der Waals surface area contributed by atoms with Crippen molar-refractivity contribution in [2.75, 3.05) is 7.11 Å². The first kappa shape index (κ1) is 17.0. The Kier molecular flexibility index (Phi) is 5.77. The Morgan fingerprint density at radius 2 is 2.09 bits per heavy atom. The molecular formula is C18H17ClFNO2. The van der Waals surface area contributed by atoms with Crippen molar-refractivity contribution in [3.63, 3.8) is 0 Å². The van der Waals surface area contributed by atoms with E-state index in [4.69, 9.17) is 16.3 Å². The number of hydrogen-bond acceptors (Lipinski definition) is 2. The number of carbonyl (C=O) groups is 1. The maximum atomic E-state index is 13.6. The Labute approximate surface area is 139 Å². The molecule has 0 aliphatic rings. The van der Waals surface area contributed by atoms with Crippen LogP contribution in [0.4, 0.5) is 4.39 Å². The molecule has 2 aromatic carbocycles. The van der Waals surface area contributed by atoms with Crippen molar-refractivity contribution >= 4 is 23.6 Å². The monoisotopic (exact) mass is 333 g/mol. The van der Waals surface area contributed by atoms with Crippen molar-refractivity contribution in [3.8, 4) is 5.75 Å². The van der Waals surface area contributed by atoms with Crippen LogP contribution in [0.1, 0.15) is 24.1 Å². The van der Waals surface area contributed by atoms with Gasteiger partial charge in [-0.1, -0.05) is 29.8 Å². The molecule has 1 amide bonds. The lowest BCUT2D eigenvalue weighted by Crippen LogP contribution is -2.24. The highest BCUT2D eigenvalue weighted by molar-refractivity contribution is 6.30. The number of nitrogens with one attached hydrogen (secondary N) is 1. The molecule has 0 radical (unpaired) electrons. The zero-order chi connectivity index (χ0) is 16.8. The van der Waals surface area contributed by atoms with E-state index in [0.717, 1.165) is 5.56 Å². The summed E-state index contributed by atoms with van der Waals surface area (Å²) in [7, 11) is 1.40. The maximum absolute atomic E-state index is 13.6. The number of ether oxygens (including phenoxy) is 1. The van der Waals surface area contributed by atoms with Crippen molar-refractivity contribution in [2.45, 2.75) is 13.0 Å². The fraction of sp³-hybridized carbons (Fsp3) is 0.167. The van der Waals surface area contributed by atoms with E-state index in [1.54, 1.807) is 24.3 Å². The van der Waals surface area contributed by atoms with Crippen LogP contribution in [0.25, 0.3) is 6.08 Å². The Hall–Kier alpha value is -2.33. The minimum Gasteiger partial charge on any atom is -0.494 e. The van der Waals surface area contributed by atoms with E-state index in [2.05, 4.69) is 5.32 Å². The lowest BCUT2D eigenvalue weighted by molar-refractivity contribution is -0.117. The second-order valence-electron chi connectivity index (χ2n) is 5.01. The van der Waals surface area contributed by atoms with Crippen molar-refractivity contribution in [1.29, 1.82) is 0 Å². The highest BCUT2D eigenvalue weighted by atomic mass is 35.5. The third-order valence-corrected chi connectivity index (χ3v) is 3.55. The minimum absolute atomic E-state index is 0.168. The Morgan fingerprint density at radius 1 is 1.30 bits per heavy atom. The van der Waals surface area contributed by atoms with Gasteiger partial charge in [-0.3, -0.25) is 4.79 Å². The zero-order valence-corrected chi connectivity index (χ0v) is 13.6. The first-order chi connectivity index (χ1) is 11.0. The lowest BCUT2D eigenvalue weighted by atomic mass is 10.1. The fourth-order valence-electron chi connectivity index (χ4n) is 2.08. The first-order valence-electron chi connectivity index (χ1n) is 7.07. The van der Waals surface area contributed by atoms with Crippen LogP contribution in [-0.4, -0.2) is 13.0 Å². The van der Waals surface area contributed by atoms with Gasteiger partial charge < -0.3 is 10.1 Å². The van der Waals surface area contributed by atoms with Crippen LogP contribution in [0, 0.1) is 5.82 Å². The van der Waals surface area contributed by atoms with Gasteiger partial charge in [-0.05, 0) is 48.4 Å². The molecule has 5 heteroatoms. The van der Waals surface area contributed by atoms with Gasteiger partial charge in [-0.15, -0.1) is 0 Å². The molecule has 1 atom stereocenters. The molecule has 120 valence electrons. The zero-order valence-electron chi connectivity index (χ0n) is 12.8. The van der Waals surface area contributed by atoms with Gasteiger partial charge in [0.15, 0.2) is 11.6 Å². The van der Waals surface area contributed by atoms with Gasteiger partial charge in [-0.2, -0.15) is 0 Å². The number of methoxy groups -OCH3 is 1. The van der Waals surface area contributed by atoms with Crippen molar-refractivity contribution in [2.24, 2.45) is 0 Å². The Bertz CT molecular complexity index is 731. The Balaban J connectivity index is 2.00. The molecule has 0 aliphatic carbocycles. The molecule has 2 rings (SSSR count). The van der Waals surface area contributed by atoms with Gasteiger partial charge in [0.05, 0.1) is 13.2 Å². The molecule has 3 nitrogen and oxygen atoms in total. The van der Waals surface area contributed by atoms with E-state index in [9.17, 15) is 9.18 Å². The van der Waals surface area contributed by atoms with Gasteiger partial charge in [0, 0.05) is 11.1 Å². The van der Waals surface area contributed by atoms with Gasteiger partial charge in [-0.25, -0.2) is 4.39 Å². The predicted octanol–water partition coefficient (Wildman–Crippen LogP) is 4.38. The lowest BCUT2D eigenvalue weighted by Gasteiger charge is -2.13. The minimum atomic E-state index is -0.470. The van der Waals surface area contributed by atoms with E-state index >= 15 is 0 Å². The molecule has 2 aromatic rings. The van der Waals surface area contributed by atoms with Crippen LogP contribution in [0.5, 0.6) is 5.75 Å². The molecule has 23 heavy (non-hydrogen) atoms. The van der Waals surface area contributed by atoms with E-state index in [1.165, 1.54) is 25.3 Å². The molecule has 0 heterocycles. The Morgan fingerprint density at radius 3 is 2.74 bits per heavy atom. The fourth-order valence-corrected chi connectivity index (χ4v) is 2.28. The van der Waals surface area contributed by atoms with Crippen LogP contribution in [0.3, 0.4) is 0 Å². The SMILES string of the molecule is COc1ccc(/C=C/C(=O)N[C@H](C)c2cccc(Cl)c2)cc1F. The van der Waals surface area contributed by atoms with E-state index in [0.29, 0.717) is 10.6 Å². The van der Waals surface area contributed by atoms with Crippen LogP contribution in [0.15, 0.2) is 48.5 Å². The smallest absolute Gasteiger partial charge is 0.244 e. The average Bonchev–Trinajstić information content (AvgIpc) is 2.53. The van der Waals surface area contributed by atoms with Crippen LogP contribution in [-0.2, 0) is 4.79 Å². The summed E-state index contributed by atoms with van der Waals surface area (Å²) >= 11 is 5.93. The van der Waals surface area contributed by atoms with Crippen molar-refractivity contribution in [3.05, 3.63) is 70.5 Å². The first-order valence-corrected chi connectivity index (χ1v) is 7.45. The molecule has 0 aliphatic heterocycles. The topological polar surface area (TPSA) is 38.3 Å². The van der Waals surface area contributed by atoms with Gasteiger partial charge in [0.1, 0.15) is 0 Å². The highest BCUT2D eigenvalue weighted by Crippen LogP contribution is 2.19. The molecule has 0 saturated carbocycles.